The van der Waals surface area contributed by atoms with E-state index >= 15 is 0 Å². The minimum absolute atomic E-state index is 0.0827. The summed E-state index contributed by atoms with van der Waals surface area (Å²) >= 11 is 0. The highest BCUT2D eigenvalue weighted by Crippen LogP contribution is 2.24. The molecule has 1 aliphatic rings. The summed E-state index contributed by atoms with van der Waals surface area (Å²) in [6.07, 6.45) is 42.3. The molecule has 0 saturated carbocycles. The minimum atomic E-state index is -4.62. The Morgan fingerprint density at radius 3 is 1.53 bits per heavy atom. The highest BCUT2D eigenvalue weighted by atomic mass is 32.2. The van der Waals surface area contributed by atoms with Gasteiger partial charge in [-0.15, -0.1) is 0 Å². The molecule has 1 heterocycles. The lowest BCUT2D eigenvalue weighted by atomic mass is 10.00. The number of hydrogen-bond donors (Lipinski definition) is 4. The molecule has 0 aromatic rings. The number of hydrogen-bond acceptors (Lipinski definition) is 11. The van der Waals surface area contributed by atoms with E-state index in [0.29, 0.717) is 19.3 Å². The second-order valence-electron chi connectivity index (χ2n) is 16.7. The SMILES string of the molecule is CC/C=C\C/C=C\C/C=C\C/C=C\C/C=C\CCCC(=O)OC(COC(=O)CCCCCCCCCCC/C=C\CCCCCCCC)COC1OC(CS(=O)(=O)O)C(O)C(O)C1O. The lowest BCUT2D eigenvalue weighted by Gasteiger charge is -2.40. The number of aliphatic hydroxyl groups excluding tert-OH is 3. The molecule has 0 aliphatic carbocycles. The molecule has 64 heavy (non-hydrogen) atoms. The largest absolute Gasteiger partial charge is 0.462 e. The average molecular weight is 923 g/mol. The Labute approximate surface area is 387 Å². The van der Waals surface area contributed by atoms with E-state index in [1.165, 1.54) is 83.5 Å². The van der Waals surface area contributed by atoms with Gasteiger partial charge in [-0.3, -0.25) is 14.1 Å². The normalized spacial score (nSPS) is 20.2. The number of carbonyl (C=O) groups is 2. The molecule has 368 valence electrons. The summed E-state index contributed by atoms with van der Waals surface area (Å²) in [5, 5.41) is 30.9. The van der Waals surface area contributed by atoms with Gasteiger partial charge in [0.2, 0.25) is 0 Å². The zero-order chi connectivity index (χ0) is 46.9. The maximum absolute atomic E-state index is 12.8. The first-order chi connectivity index (χ1) is 31.0. The summed E-state index contributed by atoms with van der Waals surface area (Å²) in [6.45, 7) is 3.60. The van der Waals surface area contributed by atoms with Crippen LogP contribution in [0.4, 0.5) is 0 Å². The van der Waals surface area contributed by atoms with Crippen molar-refractivity contribution in [1.29, 1.82) is 0 Å². The molecule has 1 aliphatic heterocycles. The number of ether oxygens (including phenoxy) is 4. The zero-order valence-corrected chi connectivity index (χ0v) is 40.2. The number of rotatable bonds is 40. The van der Waals surface area contributed by atoms with Crippen LogP contribution in [0.5, 0.6) is 0 Å². The second-order valence-corrected chi connectivity index (χ2v) is 18.2. The van der Waals surface area contributed by atoms with Crippen LogP contribution in [0.1, 0.15) is 181 Å². The topological polar surface area (TPSA) is 186 Å². The van der Waals surface area contributed by atoms with Crippen LogP contribution in [-0.4, -0.2) is 96.0 Å². The van der Waals surface area contributed by atoms with Crippen LogP contribution in [-0.2, 0) is 38.7 Å². The number of allylic oxidation sites excluding steroid dienone is 12. The monoisotopic (exact) mass is 923 g/mol. The molecular weight excluding hydrogens is 837 g/mol. The summed E-state index contributed by atoms with van der Waals surface area (Å²) in [5.74, 6) is -2.07. The molecule has 6 atom stereocenters. The Hall–Kier alpha value is -2.91. The van der Waals surface area contributed by atoms with Gasteiger partial charge in [-0.2, -0.15) is 8.42 Å². The molecule has 12 nitrogen and oxygen atoms in total. The summed E-state index contributed by atoms with van der Waals surface area (Å²) in [4.78, 5) is 25.5. The van der Waals surface area contributed by atoms with Crippen LogP contribution in [0.3, 0.4) is 0 Å². The van der Waals surface area contributed by atoms with Crippen molar-refractivity contribution >= 4 is 22.1 Å². The van der Waals surface area contributed by atoms with Gasteiger partial charge in [-0.1, -0.05) is 164 Å². The molecule has 6 unspecified atom stereocenters. The second kappa shape index (κ2) is 40.4. The van der Waals surface area contributed by atoms with Crippen LogP contribution in [0.25, 0.3) is 0 Å². The molecule has 1 rings (SSSR count). The van der Waals surface area contributed by atoms with Crippen molar-refractivity contribution in [3.05, 3.63) is 72.9 Å². The van der Waals surface area contributed by atoms with E-state index in [9.17, 15) is 37.9 Å². The van der Waals surface area contributed by atoms with Crippen LogP contribution < -0.4 is 0 Å². The standard InChI is InChI=1S/C51H86O12S/c1-3-5-7-9-11-13-15-17-19-21-22-24-25-27-29-31-33-35-37-39-46(52)60-41-44(42-61-51-50(56)49(55)48(54)45(63-51)43-64(57,58)59)62-47(53)40-38-36-34-32-30-28-26-23-20-18-16-14-12-10-8-6-4-2/h6,8,12,14,17-20,26,28,32,34,44-45,48-51,54-56H,3-5,7,9-11,13,15-16,21-25,27,29-31,33,35-43H2,1-2H3,(H,57,58,59)/b8-6-,14-12-,19-17-,20-18-,28-26-,34-32-. The highest BCUT2D eigenvalue weighted by Gasteiger charge is 2.46. The molecule has 1 fully saturated rings. The first-order valence-corrected chi connectivity index (χ1v) is 26.1. The van der Waals surface area contributed by atoms with Gasteiger partial charge in [0, 0.05) is 12.8 Å². The van der Waals surface area contributed by atoms with E-state index in [0.717, 1.165) is 51.4 Å². The van der Waals surface area contributed by atoms with Crippen LogP contribution in [0, 0.1) is 0 Å². The molecule has 0 aromatic heterocycles. The van der Waals surface area contributed by atoms with Crippen molar-refractivity contribution < 1.29 is 56.8 Å². The third kappa shape index (κ3) is 34.4. The molecular formula is C51H86O12S. The summed E-state index contributed by atoms with van der Waals surface area (Å²) in [5.41, 5.74) is 0. The fourth-order valence-electron chi connectivity index (χ4n) is 7.00. The maximum Gasteiger partial charge on any atom is 0.306 e. The fourth-order valence-corrected chi connectivity index (χ4v) is 7.69. The molecule has 13 heteroatoms. The van der Waals surface area contributed by atoms with Crippen molar-refractivity contribution in [2.75, 3.05) is 19.0 Å². The van der Waals surface area contributed by atoms with Gasteiger partial charge in [-0.25, -0.2) is 0 Å². The van der Waals surface area contributed by atoms with Gasteiger partial charge in [-0.05, 0) is 77.0 Å². The van der Waals surface area contributed by atoms with Gasteiger partial charge in [0.25, 0.3) is 10.1 Å². The molecule has 0 radical (unpaired) electrons. The van der Waals surface area contributed by atoms with E-state index in [1.807, 2.05) is 12.2 Å². The Bertz CT molecular complexity index is 1450. The van der Waals surface area contributed by atoms with E-state index in [2.05, 4.69) is 74.6 Å². The predicted molar refractivity (Wildman–Crippen MR) is 256 cm³/mol. The molecule has 0 bridgehead atoms. The Balaban J connectivity index is 2.44. The summed E-state index contributed by atoms with van der Waals surface area (Å²) in [7, 11) is -4.62. The smallest absolute Gasteiger partial charge is 0.306 e. The Morgan fingerprint density at radius 2 is 1.00 bits per heavy atom. The number of carbonyl (C=O) groups excluding carboxylic acids is 2. The van der Waals surface area contributed by atoms with E-state index in [4.69, 9.17) is 18.9 Å². The van der Waals surface area contributed by atoms with E-state index in [1.54, 1.807) is 0 Å². The first kappa shape index (κ1) is 59.1. The quantitative estimate of drug-likeness (QED) is 0.0198. The molecule has 0 aromatic carbocycles. The van der Waals surface area contributed by atoms with Gasteiger partial charge in [0.1, 0.15) is 36.8 Å². The van der Waals surface area contributed by atoms with Crippen molar-refractivity contribution in [2.24, 2.45) is 0 Å². The fraction of sp³-hybridized carbons (Fsp3) is 0.725. The van der Waals surface area contributed by atoms with Crippen LogP contribution >= 0.6 is 0 Å². The third-order valence-corrected chi connectivity index (χ3v) is 11.5. The lowest BCUT2D eigenvalue weighted by molar-refractivity contribution is -0.297. The maximum atomic E-state index is 12.8. The Kier molecular flexibility index (Phi) is 37.3. The number of aliphatic hydroxyl groups is 3. The third-order valence-electron chi connectivity index (χ3n) is 10.8. The number of esters is 2. The molecule has 0 amide bonds. The summed E-state index contributed by atoms with van der Waals surface area (Å²) < 4.78 is 54.1. The van der Waals surface area contributed by atoms with Crippen molar-refractivity contribution in [1.82, 2.24) is 0 Å². The van der Waals surface area contributed by atoms with Crippen LogP contribution in [0.15, 0.2) is 72.9 Å². The van der Waals surface area contributed by atoms with Gasteiger partial charge in [0.15, 0.2) is 12.4 Å². The van der Waals surface area contributed by atoms with Gasteiger partial charge < -0.3 is 34.3 Å². The zero-order valence-electron chi connectivity index (χ0n) is 39.4. The number of unbranched alkanes of at least 4 members (excludes halogenated alkanes) is 16. The van der Waals surface area contributed by atoms with E-state index in [-0.39, 0.29) is 19.4 Å². The van der Waals surface area contributed by atoms with Crippen LogP contribution in [0.2, 0.25) is 0 Å². The average Bonchev–Trinajstić information content (AvgIpc) is 3.26. The minimum Gasteiger partial charge on any atom is -0.462 e. The van der Waals surface area contributed by atoms with Gasteiger partial charge >= 0.3 is 11.9 Å². The van der Waals surface area contributed by atoms with E-state index < -0.39 is 71.2 Å². The molecule has 1 saturated heterocycles. The molecule has 4 N–H and O–H groups in total. The van der Waals surface area contributed by atoms with Crippen molar-refractivity contribution in [2.45, 2.75) is 218 Å². The van der Waals surface area contributed by atoms with Crippen molar-refractivity contribution in [3.8, 4) is 0 Å². The highest BCUT2D eigenvalue weighted by molar-refractivity contribution is 7.85. The summed E-state index contributed by atoms with van der Waals surface area (Å²) in [6, 6.07) is 0. The van der Waals surface area contributed by atoms with Gasteiger partial charge in [0.05, 0.1) is 6.61 Å². The first-order valence-electron chi connectivity index (χ1n) is 24.5. The Morgan fingerprint density at radius 1 is 0.547 bits per heavy atom. The van der Waals surface area contributed by atoms with Crippen molar-refractivity contribution in [3.63, 3.8) is 0 Å². The molecule has 0 spiro atoms. The lowest BCUT2D eigenvalue weighted by Crippen LogP contribution is -2.60. The predicted octanol–water partition coefficient (Wildman–Crippen LogP) is 10.7.